The van der Waals surface area contributed by atoms with Crippen molar-refractivity contribution in [3.8, 4) is 11.5 Å². The van der Waals surface area contributed by atoms with E-state index in [2.05, 4.69) is 15.7 Å². The molecule has 6 heteroatoms. The zero-order valence-corrected chi connectivity index (χ0v) is 12.2. The molecule has 1 aromatic heterocycles. The molecule has 0 spiro atoms. The molecule has 0 saturated carbocycles. The van der Waals surface area contributed by atoms with E-state index < -0.39 is 0 Å². The standard InChI is InChI=1S/C15H20N4O2/c1-3-20-13-6-5-11(9-14(13)21-4-2)18-12-7-8-17-15(10-12)19-16/h5-10H,3-4,16H2,1-2H3,(H2,17,18,19). The third kappa shape index (κ3) is 4.00. The third-order valence-electron chi connectivity index (χ3n) is 2.74. The molecular formula is C15H20N4O2. The van der Waals surface area contributed by atoms with Crippen molar-refractivity contribution < 1.29 is 9.47 Å². The highest BCUT2D eigenvalue weighted by Gasteiger charge is 2.06. The maximum Gasteiger partial charge on any atom is 0.163 e. The van der Waals surface area contributed by atoms with E-state index in [4.69, 9.17) is 15.3 Å². The van der Waals surface area contributed by atoms with Gasteiger partial charge in [-0.1, -0.05) is 0 Å². The maximum atomic E-state index is 5.60. The lowest BCUT2D eigenvalue weighted by atomic mass is 10.2. The van der Waals surface area contributed by atoms with Crippen molar-refractivity contribution in [1.82, 2.24) is 4.98 Å². The van der Waals surface area contributed by atoms with Gasteiger partial charge in [-0.25, -0.2) is 10.8 Å². The van der Waals surface area contributed by atoms with Crippen molar-refractivity contribution in [2.75, 3.05) is 24.0 Å². The van der Waals surface area contributed by atoms with Crippen molar-refractivity contribution in [2.45, 2.75) is 13.8 Å². The lowest BCUT2D eigenvalue weighted by Crippen LogP contribution is -2.08. The fraction of sp³-hybridized carbons (Fsp3) is 0.267. The summed E-state index contributed by atoms with van der Waals surface area (Å²) < 4.78 is 11.1. The quantitative estimate of drug-likeness (QED) is 0.537. The lowest BCUT2D eigenvalue weighted by Gasteiger charge is -2.13. The summed E-state index contributed by atoms with van der Waals surface area (Å²) in [6.07, 6.45) is 1.68. The van der Waals surface area contributed by atoms with Crippen LogP contribution in [0.4, 0.5) is 17.2 Å². The Labute approximate surface area is 124 Å². The normalized spacial score (nSPS) is 10.0. The zero-order chi connectivity index (χ0) is 15.1. The van der Waals surface area contributed by atoms with Crippen LogP contribution in [0.5, 0.6) is 11.5 Å². The van der Waals surface area contributed by atoms with Crippen molar-refractivity contribution in [2.24, 2.45) is 5.84 Å². The van der Waals surface area contributed by atoms with Gasteiger partial charge in [0, 0.05) is 29.7 Å². The second-order valence-electron chi connectivity index (χ2n) is 4.23. The average Bonchev–Trinajstić information content (AvgIpc) is 2.50. The number of hydrazine groups is 1. The van der Waals surface area contributed by atoms with E-state index in [9.17, 15) is 0 Å². The SMILES string of the molecule is CCOc1ccc(Nc2ccnc(NN)c2)cc1OCC. The van der Waals surface area contributed by atoms with Crippen LogP contribution in [0.1, 0.15) is 13.8 Å². The Balaban J connectivity index is 2.21. The molecule has 1 aromatic carbocycles. The second kappa shape index (κ2) is 7.35. The van der Waals surface area contributed by atoms with Gasteiger partial charge in [0.2, 0.25) is 0 Å². The summed E-state index contributed by atoms with van der Waals surface area (Å²) in [5.74, 6) is 7.40. The molecule has 0 saturated heterocycles. The summed E-state index contributed by atoms with van der Waals surface area (Å²) in [5.41, 5.74) is 4.29. The van der Waals surface area contributed by atoms with Crippen LogP contribution in [0.2, 0.25) is 0 Å². The predicted octanol–water partition coefficient (Wildman–Crippen LogP) is 2.91. The Bertz CT molecular complexity index is 590. The lowest BCUT2D eigenvalue weighted by molar-refractivity contribution is 0.288. The van der Waals surface area contributed by atoms with Crippen LogP contribution in [-0.4, -0.2) is 18.2 Å². The number of benzene rings is 1. The highest BCUT2D eigenvalue weighted by molar-refractivity contribution is 5.65. The molecule has 0 fully saturated rings. The van der Waals surface area contributed by atoms with Crippen LogP contribution in [0.25, 0.3) is 0 Å². The molecule has 0 aliphatic heterocycles. The first-order valence-corrected chi connectivity index (χ1v) is 6.86. The Hall–Kier alpha value is -2.47. The molecule has 6 nitrogen and oxygen atoms in total. The van der Waals surface area contributed by atoms with Crippen LogP contribution in [0.15, 0.2) is 36.5 Å². The molecule has 0 aliphatic carbocycles. The molecule has 2 rings (SSSR count). The monoisotopic (exact) mass is 288 g/mol. The minimum absolute atomic E-state index is 0.583. The molecule has 0 atom stereocenters. The molecule has 1 heterocycles. The highest BCUT2D eigenvalue weighted by atomic mass is 16.5. The first-order valence-electron chi connectivity index (χ1n) is 6.86. The van der Waals surface area contributed by atoms with Crippen LogP contribution in [-0.2, 0) is 0 Å². The summed E-state index contributed by atoms with van der Waals surface area (Å²) in [6, 6.07) is 9.41. The molecule has 2 aromatic rings. The summed E-state index contributed by atoms with van der Waals surface area (Å²) in [6.45, 7) is 5.07. The second-order valence-corrected chi connectivity index (χ2v) is 4.23. The molecule has 0 aliphatic rings. The molecular weight excluding hydrogens is 268 g/mol. The van der Waals surface area contributed by atoms with Crippen molar-refractivity contribution >= 4 is 17.2 Å². The molecule has 4 N–H and O–H groups in total. The van der Waals surface area contributed by atoms with Gasteiger partial charge in [-0.3, -0.25) is 0 Å². The number of hydrogen-bond donors (Lipinski definition) is 3. The molecule has 0 unspecified atom stereocenters. The number of anilines is 3. The minimum atomic E-state index is 0.583. The van der Waals surface area contributed by atoms with Gasteiger partial charge in [0.05, 0.1) is 13.2 Å². The number of pyridine rings is 1. The number of nitrogens with zero attached hydrogens (tertiary/aromatic N) is 1. The van der Waals surface area contributed by atoms with Gasteiger partial charge in [-0.05, 0) is 32.0 Å². The summed E-state index contributed by atoms with van der Waals surface area (Å²) in [4.78, 5) is 4.06. The third-order valence-corrected chi connectivity index (χ3v) is 2.74. The number of hydrogen-bond acceptors (Lipinski definition) is 6. The summed E-state index contributed by atoms with van der Waals surface area (Å²) >= 11 is 0. The predicted molar refractivity (Wildman–Crippen MR) is 84.1 cm³/mol. The summed E-state index contributed by atoms with van der Waals surface area (Å²) in [7, 11) is 0. The molecule has 0 radical (unpaired) electrons. The fourth-order valence-electron chi connectivity index (χ4n) is 1.88. The van der Waals surface area contributed by atoms with E-state index in [-0.39, 0.29) is 0 Å². The summed E-state index contributed by atoms with van der Waals surface area (Å²) in [5, 5.41) is 3.28. The number of ether oxygens (including phenoxy) is 2. The van der Waals surface area contributed by atoms with E-state index in [1.54, 1.807) is 6.20 Å². The van der Waals surface area contributed by atoms with E-state index >= 15 is 0 Å². The molecule has 0 bridgehead atoms. The van der Waals surface area contributed by atoms with Crippen molar-refractivity contribution in [1.29, 1.82) is 0 Å². The van der Waals surface area contributed by atoms with Crippen LogP contribution in [0, 0.1) is 0 Å². The number of nitrogens with one attached hydrogen (secondary N) is 2. The van der Waals surface area contributed by atoms with Gasteiger partial charge in [-0.2, -0.15) is 0 Å². The highest BCUT2D eigenvalue weighted by Crippen LogP contribution is 2.32. The number of rotatable bonds is 7. The smallest absolute Gasteiger partial charge is 0.163 e. The van der Waals surface area contributed by atoms with Crippen molar-refractivity contribution in [3.05, 3.63) is 36.5 Å². The largest absolute Gasteiger partial charge is 0.490 e. The molecule has 112 valence electrons. The zero-order valence-electron chi connectivity index (χ0n) is 12.2. The Morgan fingerprint density at radius 2 is 1.71 bits per heavy atom. The van der Waals surface area contributed by atoms with E-state index in [1.165, 1.54) is 0 Å². The van der Waals surface area contributed by atoms with E-state index in [0.29, 0.717) is 19.0 Å². The molecule has 0 amide bonds. The first-order chi connectivity index (χ1) is 10.3. The van der Waals surface area contributed by atoms with Crippen molar-refractivity contribution in [3.63, 3.8) is 0 Å². The number of nitrogens with two attached hydrogens (primary N) is 1. The first kappa shape index (κ1) is 14.9. The van der Waals surface area contributed by atoms with Crippen LogP contribution >= 0.6 is 0 Å². The van der Waals surface area contributed by atoms with Crippen LogP contribution in [0.3, 0.4) is 0 Å². The maximum absolute atomic E-state index is 5.60. The van der Waals surface area contributed by atoms with Gasteiger partial charge in [0.25, 0.3) is 0 Å². The molecule has 21 heavy (non-hydrogen) atoms. The van der Waals surface area contributed by atoms with Gasteiger partial charge in [0.1, 0.15) is 5.82 Å². The van der Waals surface area contributed by atoms with Gasteiger partial charge in [0.15, 0.2) is 11.5 Å². The number of nitrogen functional groups attached to an aromatic ring is 1. The Morgan fingerprint density at radius 3 is 2.43 bits per heavy atom. The fourth-order valence-corrected chi connectivity index (χ4v) is 1.88. The Morgan fingerprint density at radius 1 is 1.00 bits per heavy atom. The van der Waals surface area contributed by atoms with E-state index in [0.717, 1.165) is 22.9 Å². The average molecular weight is 288 g/mol. The minimum Gasteiger partial charge on any atom is -0.490 e. The van der Waals surface area contributed by atoms with E-state index in [1.807, 2.05) is 44.2 Å². The van der Waals surface area contributed by atoms with Gasteiger partial charge >= 0.3 is 0 Å². The van der Waals surface area contributed by atoms with Gasteiger partial charge in [-0.15, -0.1) is 0 Å². The topological polar surface area (TPSA) is 81.4 Å². The van der Waals surface area contributed by atoms with Crippen LogP contribution < -0.4 is 26.1 Å². The Kier molecular flexibility index (Phi) is 5.22. The van der Waals surface area contributed by atoms with Gasteiger partial charge < -0.3 is 20.2 Å². The number of aromatic nitrogens is 1.